The summed E-state index contributed by atoms with van der Waals surface area (Å²) in [6.07, 6.45) is -1.25. The van der Waals surface area contributed by atoms with Crippen molar-refractivity contribution in [1.29, 1.82) is 0 Å². The summed E-state index contributed by atoms with van der Waals surface area (Å²) in [5.74, 6) is 0.406. The molecule has 2 aromatic carbocycles. The molecule has 2 heterocycles. The highest BCUT2D eigenvalue weighted by atomic mass is 19.1. The standard InChI is InChI=1S/C24H29FN2O5/c1-30-18-8-4-16(5-9-18)13-27-22(28)11-19-10-20-24(31-19)23(29)21(32-20)14-26-12-15-2-6-17(25)7-3-15/h2-9,19-21,23-24,26,29H,10-14H2,1H3,(H,27,28). The van der Waals surface area contributed by atoms with Crippen LogP contribution in [-0.2, 0) is 27.4 Å². The summed E-state index contributed by atoms with van der Waals surface area (Å²) in [6.45, 7) is 1.45. The van der Waals surface area contributed by atoms with Gasteiger partial charge in [-0.25, -0.2) is 4.39 Å². The van der Waals surface area contributed by atoms with Gasteiger partial charge in [-0.15, -0.1) is 0 Å². The number of hydrogen-bond acceptors (Lipinski definition) is 6. The predicted molar refractivity (Wildman–Crippen MR) is 116 cm³/mol. The highest BCUT2D eigenvalue weighted by molar-refractivity contribution is 5.76. The molecule has 0 aliphatic carbocycles. The van der Waals surface area contributed by atoms with Gasteiger partial charge in [-0.3, -0.25) is 4.79 Å². The van der Waals surface area contributed by atoms with E-state index >= 15 is 0 Å². The van der Waals surface area contributed by atoms with Crippen LogP contribution in [0.1, 0.15) is 24.0 Å². The number of ether oxygens (including phenoxy) is 3. The van der Waals surface area contributed by atoms with Crippen LogP contribution in [0.25, 0.3) is 0 Å². The molecule has 5 unspecified atom stereocenters. The van der Waals surface area contributed by atoms with Crippen LogP contribution < -0.4 is 15.4 Å². The molecule has 0 bridgehead atoms. The Hall–Kier alpha value is -2.52. The van der Waals surface area contributed by atoms with E-state index in [1.165, 1.54) is 12.1 Å². The fourth-order valence-corrected chi connectivity index (χ4v) is 4.19. The minimum atomic E-state index is -0.756. The highest BCUT2D eigenvalue weighted by Crippen LogP contribution is 2.35. The van der Waals surface area contributed by atoms with E-state index in [1.54, 1.807) is 19.2 Å². The molecule has 5 atom stereocenters. The van der Waals surface area contributed by atoms with Crippen LogP contribution in [0, 0.1) is 5.82 Å². The van der Waals surface area contributed by atoms with Crippen molar-refractivity contribution in [3.05, 3.63) is 65.5 Å². The van der Waals surface area contributed by atoms with Crippen molar-refractivity contribution < 1.29 is 28.5 Å². The number of halogens is 1. The number of amides is 1. The van der Waals surface area contributed by atoms with Gasteiger partial charge in [0.05, 0.1) is 31.8 Å². The summed E-state index contributed by atoms with van der Waals surface area (Å²) in [7, 11) is 1.61. The van der Waals surface area contributed by atoms with Crippen LogP contribution in [0.3, 0.4) is 0 Å². The Morgan fingerprint density at radius 3 is 2.47 bits per heavy atom. The number of aliphatic hydroxyl groups excluding tert-OH is 1. The molecule has 2 aliphatic rings. The van der Waals surface area contributed by atoms with Crippen LogP contribution >= 0.6 is 0 Å². The zero-order valence-electron chi connectivity index (χ0n) is 18.0. The van der Waals surface area contributed by atoms with E-state index in [9.17, 15) is 14.3 Å². The first-order chi connectivity index (χ1) is 15.5. The Morgan fingerprint density at radius 1 is 1.09 bits per heavy atom. The molecule has 0 radical (unpaired) electrons. The Balaban J connectivity index is 1.17. The van der Waals surface area contributed by atoms with Gasteiger partial charge in [0, 0.05) is 26.1 Å². The van der Waals surface area contributed by atoms with E-state index in [2.05, 4.69) is 10.6 Å². The normalized spacial score (nSPS) is 26.7. The van der Waals surface area contributed by atoms with Gasteiger partial charge in [0.1, 0.15) is 23.8 Å². The topological polar surface area (TPSA) is 89.1 Å². The molecule has 0 saturated carbocycles. The molecule has 0 spiro atoms. The molecule has 32 heavy (non-hydrogen) atoms. The number of carbonyl (C=O) groups excluding carboxylic acids is 1. The summed E-state index contributed by atoms with van der Waals surface area (Å²) < 4.78 is 30.0. The van der Waals surface area contributed by atoms with Gasteiger partial charge in [-0.05, 0) is 35.4 Å². The Morgan fingerprint density at radius 2 is 1.78 bits per heavy atom. The van der Waals surface area contributed by atoms with E-state index in [-0.39, 0.29) is 36.5 Å². The maximum absolute atomic E-state index is 13.0. The van der Waals surface area contributed by atoms with Gasteiger partial charge in [0.15, 0.2) is 0 Å². The summed E-state index contributed by atoms with van der Waals surface area (Å²) in [4.78, 5) is 12.3. The molecule has 2 fully saturated rings. The van der Waals surface area contributed by atoms with Gasteiger partial charge >= 0.3 is 0 Å². The van der Waals surface area contributed by atoms with Gasteiger partial charge in [0.2, 0.25) is 5.91 Å². The molecule has 2 saturated heterocycles. The van der Waals surface area contributed by atoms with Crippen LogP contribution in [0.2, 0.25) is 0 Å². The first-order valence-electron chi connectivity index (χ1n) is 10.9. The van der Waals surface area contributed by atoms with Crippen molar-refractivity contribution >= 4 is 5.91 Å². The molecular weight excluding hydrogens is 415 g/mol. The minimum absolute atomic E-state index is 0.0993. The summed E-state index contributed by atoms with van der Waals surface area (Å²) in [5, 5.41) is 16.7. The third-order valence-corrected chi connectivity index (χ3v) is 5.93. The van der Waals surface area contributed by atoms with Crippen LogP contribution in [-0.4, -0.2) is 55.2 Å². The number of rotatable bonds is 9. The lowest BCUT2D eigenvalue weighted by Crippen LogP contribution is -2.39. The lowest BCUT2D eigenvalue weighted by atomic mass is 10.1. The lowest BCUT2D eigenvalue weighted by Gasteiger charge is -2.20. The number of fused-ring (bicyclic) bond motifs is 1. The zero-order chi connectivity index (χ0) is 22.5. The van der Waals surface area contributed by atoms with E-state index in [4.69, 9.17) is 14.2 Å². The molecule has 4 rings (SSSR count). The molecule has 3 N–H and O–H groups in total. The number of nitrogens with one attached hydrogen (secondary N) is 2. The first-order valence-corrected chi connectivity index (χ1v) is 10.9. The van der Waals surface area contributed by atoms with Crippen molar-refractivity contribution in [2.75, 3.05) is 13.7 Å². The van der Waals surface area contributed by atoms with Gasteiger partial charge < -0.3 is 30.0 Å². The van der Waals surface area contributed by atoms with E-state index in [0.717, 1.165) is 16.9 Å². The molecule has 7 nitrogen and oxygen atoms in total. The number of hydrogen-bond donors (Lipinski definition) is 3. The maximum Gasteiger partial charge on any atom is 0.222 e. The molecule has 8 heteroatoms. The average molecular weight is 445 g/mol. The predicted octanol–water partition coefficient (Wildman–Crippen LogP) is 1.92. The van der Waals surface area contributed by atoms with E-state index < -0.39 is 12.2 Å². The van der Waals surface area contributed by atoms with Gasteiger partial charge in [-0.2, -0.15) is 0 Å². The van der Waals surface area contributed by atoms with Crippen LogP contribution in [0.4, 0.5) is 4.39 Å². The van der Waals surface area contributed by atoms with E-state index in [0.29, 0.717) is 26.1 Å². The largest absolute Gasteiger partial charge is 0.497 e. The van der Waals surface area contributed by atoms with Crippen molar-refractivity contribution in [3.8, 4) is 5.75 Å². The molecule has 2 aliphatic heterocycles. The smallest absolute Gasteiger partial charge is 0.222 e. The van der Waals surface area contributed by atoms with Gasteiger partial charge in [-0.1, -0.05) is 24.3 Å². The third kappa shape index (κ3) is 5.63. The molecular formula is C24H29FN2O5. The number of aliphatic hydroxyl groups is 1. The second kappa shape index (κ2) is 10.4. The van der Waals surface area contributed by atoms with Crippen molar-refractivity contribution in [1.82, 2.24) is 10.6 Å². The average Bonchev–Trinajstić information content (AvgIpc) is 3.32. The zero-order valence-corrected chi connectivity index (χ0v) is 18.0. The molecule has 0 aromatic heterocycles. The lowest BCUT2D eigenvalue weighted by molar-refractivity contribution is -0.124. The maximum atomic E-state index is 13.0. The summed E-state index contributed by atoms with van der Waals surface area (Å²) in [6, 6.07) is 13.8. The first kappa shape index (κ1) is 22.7. The third-order valence-electron chi connectivity index (χ3n) is 5.93. The monoisotopic (exact) mass is 444 g/mol. The Labute approximate surface area is 186 Å². The summed E-state index contributed by atoms with van der Waals surface area (Å²) in [5.41, 5.74) is 1.94. The van der Waals surface area contributed by atoms with Gasteiger partial charge in [0.25, 0.3) is 0 Å². The van der Waals surface area contributed by atoms with Crippen molar-refractivity contribution in [2.45, 2.75) is 56.5 Å². The fraction of sp³-hybridized carbons (Fsp3) is 0.458. The van der Waals surface area contributed by atoms with Crippen molar-refractivity contribution in [2.24, 2.45) is 0 Å². The SMILES string of the molecule is COc1ccc(CNC(=O)CC2CC3OC(CNCc4ccc(F)cc4)C(O)C3O2)cc1. The number of methoxy groups -OCH3 is 1. The molecule has 172 valence electrons. The highest BCUT2D eigenvalue weighted by Gasteiger charge is 2.50. The molecule has 1 amide bonds. The minimum Gasteiger partial charge on any atom is -0.497 e. The van der Waals surface area contributed by atoms with E-state index in [1.807, 2.05) is 24.3 Å². The Bertz CT molecular complexity index is 892. The Kier molecular flexibility index (Phi) is 7.36. The molecule has 2 aromatic rings. The second-order valence-corrected chi connectivity index (χ2v) is 8.25. The van der Waals surface area contributed by atoms with Crippen molar-refractivity contribution in [3.63, 3.8) is 0 Å². The van der Waals surface area contributed by atoms with Crippen LogP contribution in [0.5, 0.6) is 5.75 Å². The number of benzene rings is 2. The number of carbonyl (C=O) groups is 1. The van der Waals surface area contributed by atoms with Crippen LogP contribution in [0.15, 0.2) is 48.5 Å². The second-order valence-electron chi connectivity index (χ2n) is 8.25. The quantitative estimate of drug-likeness (QED) is 0.548. The fourth-order valence-electron chi connectivity index (χ4n) is 4.19. The summed E-state index contributed by atoms with van der Waals surface area (Å²) >= 11 is 0.